The second kappa shape index (κ2) is 9.20. The van der Waals surface area contributed by atoms with Crippen molar-refractivity contribution in [2.24, 2.45) is 5.73 Å². The minimum atomic E-state index is -0.344. The highest BCUT2D eigenvalue weighted by molar-refractivity contribution is 5.98. The molecule has 2 aromatic carbocycles. The van der Waals surface area contributed by atoms with Crippen LogP contribution >= 0.6 is 0 Å². The zero-order valence-corrected chi connectivity index (χ0v) is 17.6. The zero-order valence-electron chi connectivity index (χ0n) is 17.6. The van der Waals surface area contributed by atoms with E-state index in [-0.39, 0.29) is 17.8 Å². The first kappa shape index (κ1) is 20.9. The summed E-state index contributed by atoms with van der Waals surface area (Å²) in [5, 5.41) is 16.0. The van der Waals surface area contributed by atoms with Gasteiger partial charge in [0.2, 0.25) is 0 Å². The fraction of sp³-hybridized carbons (Fsp3) is 0.375. The topological polar surface area (TPSA) is 106 Å². The van der Waals surface area contributed by atoms with E-state index in [1.165, 1.54) is 0 Å². The Morgan fingerprint density at radius 3 is 2.39 bits per heavy atom. The molecule has 2 saturated heterocycles. The number of nitrogen functional groups attached to an aromatic ring is 1. The first-order valence-electron chi connectivity index (χ1n) is 10.8. The van der Waals surface area contributed by atoms with Gasteiger partial charge < -0.3 is 20.3 Å². The Morgan fingerprint density at radius 1 is 0.968 bits per heavy atom. The van der Waals surface area contributed by atoms with Crippen molar-refractivity contribution in [3.8, 4) is 0 Å². The summed E-state index contributed by atoms with van der Waals surface area (Å²) in [6, 6.07) is 14.9. The predicted octanol–water partition coefficient (Wildman–Crippen LogP) is 3.22. The van der Waals surface area contributed by atoms with Gasteiger partial charge in [-0.15, -0.1) is 0 Å². The van der Waals surface area contributed by atoms with E-state index in [1.807, 2.05) is 36.4 Å². The van der Waals surface area contributed by atoms with Crippen LogP contribution in [-0.4, -0.2) is 54.8 Å². The van der Waals surface area contributed by atoms with Gasteiger partial charge in [-0.05, 0) is 49.9 Å². The van der Waals surface area contributed by atoms with Crippen LogP contribution in [0.1, 0.15) is 47.2 Å². The van der Waals surface area contributed by atoms with Crippen molar-refractivity contribution in [2.75, 3.05) is 31.1 Å². The number of likely N-dealkylation sites (tertiary alicyclic amines) is 1. The van der Waals surface area contributed by atoms with Crippen LogP contribution in [0.15, 0.2) is 48.5 Å². The molecule has 31 heavy (non-hydrogen) atoms. The van der Waals surface area contributed by atoms with Crippen molar-refractivity contribution in [3.63, 3.8) is 0 Å². The van der Waals surface area contributed by atoms with Gasteiger partial charge in [0.05, 0.1) is 11.6 Å². The molecule has 7 nitrogen and oxygen atoms in total. The first-order valence-corrected chi connectivity index (χ1v) is 10.8. The van der Waals surface area contributed by atoms with Gasteiger partial charge in [-0.3, -0.25) is 10.8 Å². The third-order valence-electron chi connectivity index (χ3n) is 6.09. The number of carbonyl (C=O) groups excluding carboxylic acids is 1. The van der Waals surface area contributed by atoms with Crippen LogP contribution in [-0.2, 0) is 4.74 Å². The van der Waals surface area contributed by atoms with Crippen LogP contribution in [0.25, 0.3) is 0 Å². The third kappa shape index (κ3) is 4.71. The molecule has 0 aromatic heterocycles. The van der Waals surface area contributed by atoms with Gasteiger partial charge in [0.15, 0.2) is 0 Å². The van der Waals surface area contributed by atoms with E-state index < -0.39 is 0 Å². The van der Waals surface area contributed by atoms with Crippen LogP contribution < -0.4 is 10.6 Å². The Morgan fingerprint density at radius 2 is 1.68 bits per heavy atom. The molecule has 162 valence electrons. The number of nitrogens with two attached hydrogens (primary N) is 1. The normalized spacial score (nSPS) is 18.3. The van der Waals surface area contributed by atoms with E-state index in [1.54, 1.807) is 12.1 Å². The molecule has 2 aromatic rings. The Balaban J connectivity index is 1.36. The van der Waals surface area contributed by atoms with Crippen LogP contribution in [0, 0.1) is 10.8 Å². The molecule has 0 aliphatic carbocycles. The summed E-state index contributed by atoms with van der Waals surface area (Å²) in [5.41, 5.74) is 8.64. The molecule has 2 aliphatic heterocycles. The molecule has 4 rings (SSSR count). The van der Waals surface area contributed by atoms with Gasteiger partial charge in [0.25, 0.3) is 0 Å². The largest absolute Gasteiger partial charge is 0.460 e. The quantitative estimate of drug-likeness (QED) is 0.379. The lowest BCUT2D eigenvalue weighted by Crippen LogP contribution is -2.34. The van der Waals surface area contributed by atoms with Crippen molar-refractivity contribution >= 4 is 23.3 Å². The minimum absolute atomic E-state index is 0.0466. The molecular formula is C24H29N5O2. The van der Waals surface area contributed by atoms with Crippen LogP contribution in [0.3, 0.4) is 0 Å². The van der Waals surface area contributed by atoms with E-state index >= 15 is 0 Å². The summed E-state index contributed by atoms with van der Waals surface area (Å²) in [5.74, 6) is 0.223. The number of amidine groups is 2. The summed E-state index contributed by atoms with van der Waals surface area (Å²) >= 11 is 0. The number of benzene rings is 2. The number of nitrogens with one attached hydrogen (secondary N) is 2. The van der Waals surface area contributed by atoms with E-state index in [2.05, 4.69) is 9.80 Å². The number of ether oxygens (including phenoxy) is 1. The Kier molecular flexibility index (Phi) is 6.21. The number of esters is 1. The Hall–Kier alpha value is -3.35. The maximum Gasteiger partial charge on any atom is 0.338 e. The van der Waals surface area contributed by atoms with Gasteiger partial charge >= 0.3 is 5.97 Å². The molecule has 0 bridgehead atoms. The molecule has 4 N–H and O–H groups in total. The maximum atomic E-state index is 12.6. The number of carbonyl (C=O) groups is 1. The van der Waals surface area contributed by atoms with Gasteiger partial charge in [-0.1, -0.05) is 24.3 Å². The number of rotatable bonds is 6. The SMILES string of the molecule is N=C(N)c1cccc(N2CCC[C@H]2COC(=O)c2ccc(C(=N)N3CCCC3)cc2)c1. The standard InChI is InChI=1S/C24H29N5O2/c25-22(26)19-5-3-6-20(15-19)29-14-4-7-21(29)16-31-24(30)18-10-8-17(9-11-18)23(27)28-12-1-2-13-28/h3,5-6,8-11,15,21,27H,1-2,4,7,12-14,16H2,(H3,25,26)/t21-/m0/s1. The highest BCUT2D eigenvalue weighted by Crippen LogP contribution is 2.26. The summed E-state index contributed by atoms with van der Waals surface area (Å²) < 4.78 is 5.63. The van der Waals surface area contributed by atoms with Crippen molar-refractivity contribution in [3.05, 3.63) is 65.2 Å². The number of hydrogen-bond donors (Lipinski definition) is 3. The molecule has 0 spiro atoms. The maximum absolute atomic E-state index is 12.6. The van der Waals surface area contributed by atoms with Crippen LogP contribution in [0.4, 0.5) is 5.69 Å². The molecule has 7 heteroatoms. The highest BCUT2D eigenvalue weighted by Gasteiger charge is 2.26. The Bertz CT molecular complexity index is 966. The Labute approximate surface area is 182 Å². The fourth-order valence-corrected chi connectivity index (χ4v) is 4.34. The summed E-state index contributed by atoms with van der Waals surface area (Å²) in [7, 11) is 0. The second-order valence-electron chi connectivity index (χ2n) is 8.17. The molecule has 1 atom stereocenters. The molecule has 0 radical (unpaired) electrons. The molecule has 0 saturated carbocycles. The highest BCUT2D eigenvalue weighted by atomic mass is 16.5. The minimum Gasteiger partial charge on any atom is -0.460 e. The van der Waals surface area contributed by atoms with Crippen LogP contribution in [0.2, 0.25) is 0 Å². The average Bonchev–Trinajstić information content (AvgIpc) is 3.49. The summed E-state index contributed by atoms with van der Waals surface area (Å²) in [6.45, 7) is 3.05. The van der Waals surface area contributed by atoms with E-state index in [0.717, 1.165) is 56.6 Å². The lowest BCUT2D eigenvalue weighted by atomic mass is 10.1. The smallest absolute Gasteiger partial charge is 0.338 e. The molecule has 2 heterocycles. The van der Waals surface area contributed by atoms with Crippen molar-refractivity contribution < 1.29 is 9.53 Å². The van der Waals surface area contributed by atoms with Gasteiger partial charge in [0, 0.05) is 36.4 Å². The van der Waals surface area contributed by atoms with Gasteiger partial charge in [0.1, 0.15) is 18.3 Å². The van der Waals surface area contributed by atoms with Gasteiger partial charge in [-0.2, -0.15) is 0 Å². The molecule has 2 fully saturated rings. The number of nitrogens with zero attached hydrogens (tertiary/aromatic N) is 2. The zero-order chi connectivity index (χ0) is 21.8. The van der Waals surface area contributed by atoms with Crippen molar-refractivity contribution in [1.82, 2.24) is 4.90 Å². The molecule has 0 unspecified atom stereocenters. The number of anilines is 1. The molecular weight excluding hydrogens is 390 g/mol. The monoisotopic (exact) mass is 419 g/mol. The van der Waals surface area contributed by atoms with Gasteiger partial charge in [-0.25, -0.2) is 4.79 Å². The molecule has 0 amide bonds. The first-order chi connectivity index (χ1) is 15.0. The summed E-state index contributed by atoms with van der Waals surface area (Å²) in [6.07, 6.45) is 4.23. The molecule has 2 aliphatic rings. The third-order valence-corrected chi connectivity index (χ3v) is 6.09. The van der Waals surface area contributed by atoms with E-state index in [9.17, 15) is 4.79 Å². The van der Waals surface area contributed by atoms with Crippen LogP contribution in [0.5, 0.6) is 0 Å². The average molecular weight is 420 g/mol. The lowest BCUT2D eigenvalue weighted by Gasteiger charge is -2.27. The summed E-state index contributed by atoms with van der Waals surface area (Å²) in [4.78, 5) is 16.9. The lowest BCUT2D eigenvalue weighted by molar-refractivity contribution is 0.0483. The second-order valence-corrected chi connectivity index (χ2v) is 8.17. The van der Waals surface area contributed by atoms with E-state index in [4.69, 9.17) is 21.3 Å². The van der Waals surface area contributed by atoms with E-state index in [0.29, 0.717) is 23.6 Å². The predicted molar refractivity (Wildman–Crippen MR) is 122 cm³/mol. The van der Waals surface area contributed by atoms with Crippen molar-refractivity contribution in [2.45, 2.75) is 31.7 Å². The fourth-order valence-electron chi connectivity index (χ4n) is 4.34. The number of hydrogen-bond acceptors (Lipinski definition) is 5. The van der Waals surface area contributed by atoms with Crippen molar-refractivity contribution in [1.29, 1.82) is 10.8 Å².